The number of primary amides is 1. The number of methoxy groups -OCH3 is 1. The summed E-state index contributed by atoms with van der Waals surface area (Å²) in [5.41, 5.74) is 5.49. The van der Waals surface area contributed by atoms with Crippen molar-refractivity contribution in [3.63, 3.8) is 0 Å². The zero-order valence-corrected chi connectivity index (χ0v) is 38.0. The third kappa shape index (κ3) is 14.6. The summed E-state index contributed by atoms with van der Waals surface area (Å²) in [5, 5.41) is 19.5. The number of carbonyl (C=O) groups excluding carboxylic acids is 9. The SMILES string of the molecule is CCOC(=O)NC(CSC1CC(=O)N(N(C)[C@H](C(=O)N[C@H](C(=O)N(C)[C@@H]([C@@H](C)CC)[C@@H](CC(N)=O)OC)C(C)C)C(C)C)C1=O)C(=O)NC(CSC1CC(=O)NC1=O)C(=O)O. The van der Waals surface area contributed by atoms with Crippen LogP contribution in [0.5, 0.6) is 0 Å². The van der Waals surface area contributed by atoms with E-state index in [-0.39, 0.29) is 43.3 Å². The van der Waals surface area contributed by atoms with Gasteiger partial charge in [0.15, 0.2) is 0 Å². The molecule has 23 heteroatoms. The van der Waals surface area contributed by atoms with Gasteiger partial charge in [0.2, 0.25) is 41.4 Å². The van der Waals surface area contributed by atoms with Gasteiger partial charge in [-0.2, -0.15) is 0 Å². The van der Waals surface area contributed by atoms with Crippen LogP contribution in [0.15, 0.2) is 0 Å². The number of nitrogens with two attached hydrogens (primary N) is 1. The topological polar surface area (TPSA) is 293 Å². The molecule has 0 aromatic carbocycles. The minimum Gasteiger partial charge on any atom is -0.480 e. The average Bonchev–Trinajstić information content (AvgIpc) is 3.65. The van der Waals surface area contributed by atoms with Crippen LogP contribution in [0.1, 0.15) is 74.1 Å². The molecule has 0 bridgehead atoms. The van der Waals surface area contributed by atoms with Crippen LogP contribution < -0.4 is 27.0 Å². The predicted octanol–water partition coefficient (Wildman–Crippen LogP) is -0.545. The van der Waals surface area contributed by atoms with Crippen LogP contribution in [0.2, 0.25) is 0 Å². The molecule has 21 nitrogen and oxygen atoms in total. The summed E-state index contributed by atoms with van der Waals surface area (Å²) in [7, 11) is 4.39. The molecule has 9 amide bonds. The van der Waals surface area contributed by atoms with Gasteiger partial charge >= 0.3 is 12.1 Å². The van der Waals surface area contributed by atoms with Crippen LogP contribution in [-0.2, 0) is 52.6 Å². The first-order valence-corrected chi connectivity index (χ1v) is 22.1. The first kappa shape index (κ1) is 52.7. The lowest BCUT2D eigenvalue weighted by Gasteiger charge is -2.40. The monoisotopic (exact) mass is 902 g/mol. The van der Waals surface area contributed by atoms with E-state index in [0.717, 1.165) is 28.5 Å². The van der Waals surface area contributed by atoms with E-state index in [0.29, 0.717) is 6.42 Å². The molecule has 4 unspecified atom stereocenters. The Morgan fingerprint density at radius 3 is 1.98 bits per heavy atom. The molecule has 0 spiro atoms. The van der Waals surface area contributed by atoms with Gasteiger partial charge in [0.05, 0.1) is 35.7 Å². The maximum atomic E-state index is 14.1. The number of thioether (sulfide) groups is 2. The van der Waals surface area contributed by atoms with Crippen LogP contribution in [0.4, 0.5) is 4.79 Å². The molecule has 2 aliphatic heterocycles. The van der Waals surface area contributed by atoms with E-state index < -0.39 is 118 Å². The Balaban J connectivity index is 2.26. The molecule has 7 N–H and O–H groups in total. The largest absolute Gasteiger partial charge is 0.480 e. The number of nitrogens with zero attached hydrogens (tertiary/aromatic N) is 3. The van der Waals surface area contributed by atoms with Gasteiger partial charge in [0, 0.05) is 45.6 Å². The van der Waals surface area contributed by atoms with E-state index in [9.17, 15) is 53.1 Å². The molecule has 0 saturated carbocycles. The number of hydrazine groups is 1. The van der Waals surface area contributed by atoms with Gasteiger partial charge in [-0.1, -0.05) is 48.0 Å². The number of carbonyl (C=O) groups is 10. The molecule has 0 aromatic heterocycles. The fraction of sp³-hybridized carbons (Fsp3) is 0.737. The number of carboxylic acids is 1. The second-order valence-corrected chi connectivity index (χ2v) is 18.1. The Labute approximate surface area is 364 Å². The van der Waals surface area contributed by atoms with E-state index >= 15 is 0 Å². The molecule has 0 radical (unpaired) electrons. The summed E-state index contributed by atoms with van der Waals surface area (Å²) >= 11 is 1.71. The average molecular weight is 903 g/mol. The minimum atomic E-state index is -1.54. The van der Waals surface area contributed by atoms with Crippen LogP contribution in [0, 0.1) is 17.8 Å². The highest BCUT2D eigenvalue weighted by atomic mass is 32.2. The van der Waals surface area contributed by atoms with Crippen molar-refractivity contribution in [2.75, 3.05) is 39.3 Å². The summed E-state index contributed by atoms with van der Waals surface area (Å²) in [6.07, 6.45) is -1.70. The predicted molar refractivity (Wildman–Crippen MR) is 224 cm³/mol. The molecule has 344 valence electrons. The molecule has 2 heterocycles. The quantitative estimate of drug-likeness (QED) is 0.0627. The van der Waals surface area contributed by atoms with Crippen molar-refractivity contribution in [3.05, 3.63) is 0 Å². The lowest BCUT2D eigenvalue weighted by molar-refractivity contribution is -0.163. The van der Waals surface area contributed by atoms with Crippen LogP contribution >= 0.6 is 23.5 Å². The molecule has 2 rings (SSSR count). The van der Waals surface area contributed by atoms with Crippen molar-refractivity contribution in [3.8, 4) is 0 Å². The zero-order valence-electron chi connectivity index (χ0n) is 36.4. The van der Waals surface area contributed by atoms with Crippen molar-refractivity contribution < 1.29 is 62.5 Å². The molecule has 0 aromatic rings. The Morgan fingerprint density at radius 1 is 0.885 bits per heavy atom. The van der Waals surface area contributed by atoms with Crippen LogP contribution in [0.25, 0.3) is 0 Å². The highest BCUT2D eigenvalue weighted by Gasteiger charge is 2.46. The van der Waals surface area contributed by atoms with Gasteiger partial charge in [-0.25, -0.2) is 19.6 Å². The smallest absolute Gasteiger partial charge is 0.407 e. The summed E-state index contributed by atoms with van der Waals surface area (Å²) in [4.78, 5) is 130. The number of likely N-dealkylation sites (N-methyl/N-ethyl adjacent to an activating group) is 2. The Hall–Kier alpha value is -4.48. The fourth-order valence-corrected chi connectivity index (χ4v) is 9.31. The summed E-state index contributed by atoms with van der Waals surface area (Å²) in [6, 6.07) is -5.74. The Kier molecular flexibility index (Phi) is 20.9. The molecule has 61 heavy (non-hydrogen) atoms. The van der Waals surface area contributed by atoms with Gasteiger partial charge in [0.1, 0.15) is 24.2 Å². The normalized spacial score (nSPS) is 20.1. The molecular formula is C38H62N8O13S2. The van der Waals surface area contributed by atoms with Crippen molar-refractivity contribution in [1.29, 1.82) is 0 Å². The highest BCUT2D eigenvalue weighted by Crippen LogP contribution is 2.29. The molecule has 0 aliphatic carbocycles. The van der Waals surface area contributed by atoms with Gasteiger partial charge in [-0.15, -0.1) is 23.5 Å². The lowest BCUT2D eigenvalue weighted by atomic mass is 9.90. The fourth-order valence-electron chi connectivity index (χ4n) is 7.02. The van der Waals surface area contributed by atoms with E-state index in [1.807, 2.05) is 13.8 Å². The summed E-state index contributed by atoms with van der Waals surface area (Å²) < 4.78 is 10.5. The number of rotatable bonds is 25. The van der Waals surface area contributed by atoms with Gasteiger partial charge in [-0.05, 0) is 24.7 Å². The van der Waals surface area contributed by atoms with Crippen molar-refractivity contribution in [1.82, 2.24) is 36.2 Å². The number of aliphatic carboxylic acids is 1. The van der Waals surface area contributed by atoms with E-state index in [1.54, 1.807) is 34.7 Å². The Bertz CT molecular complexity index is 1650. The molecule has 2 aliphatic rings. The Morgan fingerprint density at radius 2 is 1.49 bits per heavy atom. The maximum absolute atomic E-state index is 14.1. The molecular weight excluding hydrogens is 841 g/mol. The second kappa shape index (κ2) is 24.2. The number of hydrogen-bond acceptors (Lipinski definition) is 15. The summed E-state index contributed by atoms with van der Waals surface area (Å²) in [6.45, 7) is 12.2. The van der Waals surface area contributed by atoms with Crippen LogP contribution in [-0.4, -0.2) is 165 Å². The van der Waals surface area contributed by atoms with Crippen molar-refractivity contribution in [2.24, 2.45) is 23.5 Å². The second-order valence-electron chi connectivity index (χ2n) is 15.6. The van der Waals surface area contributed by atoms with E-state index in [1.165, 1.54) is 31.0 Å². The van der Waals surface area contributed by atoms with Gasteiger partial charge < -0.3 is 41.2 Å². The third-order valence-electron chi connectivity index (χ3n) is 10.4. The third-order valence-corrected chi connectivity index (χ3v) is 13.0. The van der Waals surface area contributed by atoms with Gasteiger partial charge in [0.25, 0.3) is 5.91 Å². The maximum Gasteiger partial charge on any atom is 0.407 e. The van der Waals surface area contributed by atoms with E-state index in [4.69, 9.17) is 15.2 Å². The molecule has 9 atom stereocenters. The molecule has 2 saturated heterocycles. The lowest BCUT2D eigenvalue weighted by Crippen LogP contribution is -2.62. The number of imide groups is 2. The number of amides is 9. The number of ether oxygens (including phenoxy) is 2. The zero-order chi connectivity index (χ0) is 46.5. The van der Waals surface area contributed by atoms with Crippen LogP contribution in [0.3, 0.4) is 0 Å². The number of alkyl carbamates (subject to hydrolysis) is 1. The van der Waals surface area contributed by atoms with Crippen molar-refractivity contribution in [2.45, 2.75) is 121 Å². The first-order valence-electron chi connectivity index (χ1n) is 20.0. The van der Waals surface area contributed by atoms with Crippen molar-refractivity contribution >= 4 is 82.8 Å². The highest BCUT2D eigenvalue weighted by molar-refractivity contribution is 8.01. The number of hydrogen-bond donors (Lipinski definition) is 6. The minimum absolute atomic E-state index is 0.0576. The van der Waals surface area contributed by atoms with Gasteiger partial charge in [-0.3, -0.25) is 43.7 Å². The summed E-state index contributed by atoms with van der Waals surface area (Å²) in [5.74, 6) is -8.20. The van der Waals surface area contributed by atoms with E-state index in [2.05, 4.69) is 21.3 Å². The standard InChI is InChI=1S/C38H62N8O13S2/c1-11-20(7)31(23(58-10)13-26(39)47)44(8)36(54)29(18(3)4)43-34(52)30(19(5)6)45(9)46-28(49)15-25(35(46)53)61-16-21(41-38(57)59-12-2)32(50)40-22(37(55)56)17-60-24-14-27(48)42-33(24)51/h18-25,29-31H,11-17H2,1-10H3,(H2,39,47)(H,40,50)(H,41,57)(H,43,52)(H,55,56)(H,42,48,51)/t20-,21?,22?,23+,24?,25?,29-,30-,31-/m0/s1. The number of carboxylic acid groups (broad SMARTS) is 1. The number of nitrogens with one attached hydrogen (secondary N) is 4. The first-order chi connectivity index (χ1) is 28.5. The molecule has 2 fully saturated rings.